The molecule has 100 valence electrons. The van der Waals surface area contributed by atoms with Gasteiger partial charge in [0.15, 0.2) is 0 Å². The van der Waals surface area contributed by atoms with Crippen molar-refractivity contribution >= 4 is 11.6 Å². The second-order valence-corrected chi connectivity index (χ2v) is 4.91. The summed E-state index contributed by atoms with van der Waals surface area (Å²) < 4.78 is 5.65. The van der Waals surface area contributed by atoms with Crippen LogP contribution in [0.1, 0.15) is 28.3 Å². The van der Waals surface area contributed by atoms with Crippen molar-refractivity contribution < 1.29 is 4.42 Å². The number of alkyl halides is 1. The largest absolute Gasteiger partial charge is 0.423 e. The van der Waals surface area contributed by atoms with Crippen LogP contribution in [0.2, 0.25) is 0 Å². The summed E-state index contributed by atoms with van der Waals surface area (Å²) in [6, 6.07) is 19.7. The Balaban J connectivity index is 1.77. The summed E-state index contributed by atoms with van der Waals surface area (Å²) in [4.78, 5) is 0. The van der Waals surface area contributed by atoms with Crippen LogP contribution in [0.25, 0.3) is 0 Å². The average Bonchev–Trinajstić information content (AvgIpc) is 2.97. The Bertz CT molecular complexity index is 667. The number of hydrogen-bond donors (Lipinski definition) is 0. The number of aromatic nitrogens is 2. The molecule has 0 aliphatic carbocycles. The molecule has 0 aliphatic heterocycles. The fourth-order valence-corrected chi connectivity index (χ4v) is 2.21. The van der Waals surface area contributed by atoms with E-state index in [0.717, 1.165) is 11.1 Å². The smallest absolute Gasteiger partial charge is 0.238 e. The van der Waals surface area contributed by atoms with E-state index >= 15 is 0 Å². The van der Waals surface area contributed by atoms with E-state index in [1.54, 1.807) is 0 Å². The van der Waals surface area contributed by atoms with Gasteiger partial charge in [0.2, 0.25) is 11.8 Å². The fraction of sp³-hybridized carbons (Fsp3) is 0.125. The van der Waals surface area contributed by atoms with Gasteiger partial charge in [0.25, 0.3) is 0 Å². The molecule has 2 aromatic carbocycles. The molecule has 0 bridgehead atoms. The Kier molecular flexibility index (Phi) is 3.79. The first kappa shape index (κ1) is 12.9. The summed E-state index contributed by atoms with van der Waals surface area (Å²) in [5.41, 5.74) is 2.08. The number of benzene rings is 2. The third-order valence-electron chi connectivity index (χ3n) is 2.99. The van der Waals surface area contributed by atoms with Crippen LogP contribution in [0.15, 0.2) is 65.1 Å². The second kappa shape index (κ2) is 5.88. The molecule has 0 saturated carbocycles. The van der Waals surface area contributed by atoms with Gasteiger partial charge < -0.3 is 4.42 Å². The van der Waals surface area contributed by atoms with Crippen LogP contribution < -0.4 is 0 Å². The van der Waals surface area contributed by atoms with Gasteiger partial charge in [-0.05, 0) is 11.1 Å². The lowest BCUT2D eigenvalue weighted by Crippen LogP contribution is -1.92. The summed E-state index contributed by atoms with van der Waals surface area (Å²) in [5.74, 6) is 1.01. The third kappa shape index (κ3) is 2.89. The molecule has 0 fully saturated rings. The second-order valence-electron chi connectivity index (χ2n) is 4.47. The minimum absolute atomic E-state index is 0.409. The van der Waals surface area contributed by atoms with Crippen molar-refractivity contribution in [2.75, 3.05) is 0 Å². The maximum Gasteiger partial charge on any atom is 0.238 e. The molecule has 0 radical (unpaired) electrons. The topological polar surface area (TPSA) is 38.9 Å². The van der Waals surface area contributed by atoms with Gasteiger partial charge in [0.1, 0.15) is 5.38 Å². The molecular formula is C16H13ClN2O. The van der Waals surface area contributed by atoms with Gasteiger partial charge in [0.05, 0.1) is 6.42 Å². The molecule has 0 aliphatic rings. The summed E-state index contributed by atoms with van der Waals surface area (Å²) in [5, 5.41) is 7.69. The van der Waals surface area contributed by atoms with Crippen LogP contribution in [-0.4, -0.2) is 10.2 Å². The molecule has 0 N–H and O–H groups in total. The zero-order valence-corrected chi connectivity index (χ0v) is 11.5. The highest BCUT2D eigenvalue weighted by atomic mass is 35.5. The Hall–Kier alpha value is -2.13. The highest BCUT2D eigenvalue weighted by molar-refractivity contribution is 6.22. The standard InChI is InChI=1S/C16H13ClN2O/c17-15(13-9-5-2-6-10-13)16-19-18-14(20-16)11-12-7-3-1-4-8-12/h1-10,15H,11H2. The predicted molar refractivity (Wildman–Crippen MR) is 77.7 cm³/mol. The van der Waals surface area contributed by atoms with Gasteiger partial charge in [-0.2, -0.15) is 0 Å². The number of halogens is 1. The van der Waals surface area contributed by atoms with Gasteiger partial charge >= 0.3 is 0 Å². The van der Waals surface area contributed by atoms with Crippen molar-refractivity contribution in [3.05, 3.63) is 83.6 Å². The van der Waals surface area contributed by atoms with Crippen molar-refractivity contribution in [3.63, 3.8) is 0 Å². The van der Waals surface area contributed by atoms with Crippen molar-refractivity contribution in [2.24, 2.45) is 0 Å². The Labute approximate surface area is 122 Å². The highest BCUT2D eigenvalue weighted by Crippen LogP contribution is 2.27. The molecule has 4 heteroatoms. The van der Waals surface area contributed by atoms with E-state index < -0.39 is 5.38 Å². The maximum atomic E-state index is 6.35. The molecule has 3 rings (SSSR count). The average molecular weight is 285 g/mol. The van der Waals surface area contributed by atoms with Crippen LogP contribution in [0.3, 0.4) is 0 Å². The van der Waals surface area contributed by atoms with Crippen molar-refractivity contribution in [2.45, 2.75) is 11.8 Å². The number of hydrogen-bond acceptors (Lipinski definition) is 3. The summed E-state index contributed by atoms with van der Waals surface area (Å²) in [6.07, 6.45) is 0.617. The Morgan fingerprint density at radius 1 is 0.900 bits per heavy atom. The van der Waals surface area contributed by atoms with E-state index in [1.807, 2.05) is 60.7 Å². The first-order valence-electron chi connectivity index (χ1n) is 6.38. The van der Waals surface area contributed by atoms with E-state index in [2.05, 4.69) is 10.2 Å². The zero-order valence-electron chi connectivity index (χ0n) is 10.7. The molecule has 0 saturated heterocycles. The van der Waals surface area contributed by atoms with E-state index in [-0.39, 0.29) is 0 Å². The summed E-state index contributed by atoms with van der Waals surface area (Å²) >= 11 is 6.35. The van der Waals surface area contributed by atoms with Crippen LogP contribution in [0.5, 0.6) is 0 Å². The summed E-state index contributed by atoms with van der Waals surface area (Å²) in [7, 11) is 0. The zero-order chi connectivity index (χ0) is 13.8. The van der Waals surface area contributed by atoms with Gasteiger partial charge in [-0.3, -0.25) is 0 Å². The molecule has 1 atom stereocenters. The molecule has 3 aromatic rings. The predicted octanol–water partition coefficient (Wildman–Crippen LogP) is 3.99. The van der Waals surface area contributed by atoms with Crippen LogP contribution >= 0.6 is 11.6 Å². The van der Waals surface area contributed by atoms with Crippen molar-refractivity contribution in [3.8, 4) is 0 Å². The van der Waals surface area contributed by atoms with Gasteiger partial charge in [-0.1, -0.05) is 60.7 Å². The van der Waals surface area contributed by atoms with Crippen molar-refractivity contribution in [1.29, 1.82) is 0 Å². The molecular weight excluding hydrogens is 272 g/mol. The van der Waals surface area contributed by atoms with Gasteiger partial charge in [0, 0.05) is 0 Å². The van der Waals surface area contributed by atoms with Crippen LogP contribution in [0, 0.1) is 0 Å². The Morgan fingerprint density at radius 2 is 1.55 bits per heavy atom. The molecule has 1 unspecified atom stereocenters. The first-order chi connectivity index (χ1) is 9.83. The van der Waals surface area contributed by atoms with Crippen LogP contribution in [-0.2, 0) is 6.42 Å². The molecule has 1 heterocycles. The monoisotopic (exact) mass is 284 g/mol. The van der Waals surface area contributed by atoms with E-state index in [9.17, 15) is 0 Å². The molecule has 1 aromatic heterocycles. The molecule has 20 heavy (non-hydrogen) atoms. The lowest BCUT2D eigenvalue weighted by atomic mass is 10.1. The third-order valence-corrected chi connectivity index (χ3v) is 3.43. The minimum atomic E-state index is -0.409. The normalized spacial score (nSPS) is 12.2. The highest BCUT2D eigenvalue weighted by Gasteiger charge is 2.17. The molecule has 0 amide bonds. The SMILES string of the molecule is ClC(c1ccccc1)c1nnc(Cc2ccccc2)o1. The summed E-state index contributed by atoms with van der Waals surface area (Å²) in [6.45, 7) is 0. The van der Waals surface area contributed by atoms with Crippen LogP contribution in [0.4, 0.5) is 0 Å². The molecule has 0 spiro atoms. The number of rotatable bonds is 4. The molecule has 3 nitrogen and oxygen atoms in total. The fourth-order valence-electron chi connectivity index (χ4n) is 1.98. The van der Waals surface area contributed by atoms with E-state index in [0.29, 0.717) is 18.2 Å². The van der Waals surface area contributed by atoms with Gasteiger partial charge in [-0.25, -0.2) is 0 Å². The lowest BCUT2D eigenvalue weighted by Gasteiger charge is -2.03. The maximum absolute atomic E-state index is 6.35. The first-order valence-corrected chi connectivity index (χ1v) is 6.82. The van der Waals surface area contributed by atoms with E-state index in [1.165, 1.54) is 0 Å². The minimum Gasteiger partial charge on any atom is -0.423 e. The number of nitrogens with zero attached hydrogens (tertiary/aromatic N) is 2. The van der Waals surface area contributed by atoms with Crippen molar-refractivity contribution in [1.82, 2.24) is 10.2 Å². The Morgan fingerprint density at radius 3 is 2.25 bits per heavy atom. The lowest BCUT2D eigenvalue weighted by molar-refractivity contribution is 0.462. The van der Waals surface area contributed by atoms with Gasteiger partial charge in [-0.15, -0.1) is 21.8 Å². The quantitative estimate of drug-likeness (QED) is 0.680. The van der Waals surface area contributed by atoms with E-state index in [4.69, 9.17) is 16.0 Å².